The molecule has 4 heteroatoms. The van der Waals surface area contributed by atoms with Gasteiger partial charge in [0.25, 0.3) is 5.91 Å². The van der Waals surface area contributed by atoms with Gasteiger partial charge in [-0.1, -0.05) is 36.4 Å². The molecule has 0 saturated heterocycles. The van der Waals surface area contributed by atoms with Gasteiger partial charge in [0.05, 0.1) is 0 Å². The molecule has 3 aromatic carbocycles. The summed E-state index contributed by atoms with van der Waals surface area (Å²) >= 11 is 3.99. The van der Waals surface area contributed by atoms with E-state index < -0.39 is 5.82 Å². The monoisotopic (exact) mass is 297 g/mol. The molecule has 0 bridgehead atoms. The maximum Gasteiger partial charge on any atom is 0.255 e. The van der Waals surface area contributed by atoms with E-state index in [2.05, 4.69) is 17.9 Å². The number of hydrogen-bond acceptors (Lipinski definition) is 2. The van der Waals surface area contributed by atoms with Gasteiger partial charge in [0, 0.05) is 21.5 Å². The Bertz CT molecular complexity index is 827. The van der Waals surface area contributed by atoms with E-state index in [0.29, 0.717) is 5.56 Å². The molecule has 0 aliphatic carbocycles. The fourth-order valence-electron chi connectivity index (χ4n) is 2.18. The Morgan fingerprint density at radius 2 is 1.76 bits per heavy atom. The third-order valence-electron chi connectivity index (χ3n) is 3.25. The lowest BCUT2D eigenvalue weighted by Crippen LogP contribution is -2.12. The van der Waals surface area contributed by atoms with Gasteiger partial charge < -0.3 is 5.32 Å². The highest BCUT2D eigenvalue weighted by atomic mass is 32.1. The summed E-state index contributed by atoms with van der Waals surface area (Å²) < 4.78 is 13.2. The van der Waals surface area contributed by atoms with Crippen molar-refractivity contribution < 1.29 is 9.18 Å². The molecule has 0 aliphatic rings. The minimum absolute atomic E-state index is 0.153. The van der Waals surface area contributed by atoms with Crippen molar-refractivity contribution in [2.45, 2.75) is 4.90 Å². The van der Waals surface area contributed by atoms with Gasteiger partial charge >= 0.3 is 0 Å². The van der Waals surface area contributed by atoms with Gasteiger partial charge in [-0.15, -0.1) is 12.6 Å². The molecular weight excluding hydrogens is 285 g/mol. The van der Waals surface area contributed by atoms with E-state index in [4.69, 9.17) is 0 Å². The van der Waals surface area contributed by atoms with Crippen molar-refractivity contribution in [1.82, 2.24) is 0 Å². The van der Waals surface area contributed by atoms with Crippen molar-refractivity contribution in [3.05, 3.63) is 72.0 Å². The summed E-state index contributed by atoms with van der Waals surface area (Å²) in [4.78, 5) is 12.4. The highest BCUT2D eigenvalue weighted by Gasteiger charge is 2.10. The first kappa shape index (κ1) is 13.6. The molecule has 0 spiro atoms. The summed E-state index contributed by atoms with van der Waals surface area (Å²) in [7, 11) is 0. The Labute approximate surface area is 127 Å². The smallest absolute Gasteiger partial charge is 0.255 e. The van der Waals surface area contributed by atoms with Gasteiger partial charge in [-0.3, -0.25) is 4.79 Å². The van der Waals surface area contributed by atoms with Crippen molar-refractivity contribution >= 4 is 35.0 Å². The zero-order chi connectivity index (χ0) is 14.8. The molecule has 3 rings (SSSR count). The zero-order valence-electron chi connectivity index (χ0n) is 11.0. The molecule has 104 valence electrons. The molecule has 1 N–H and O–H groups in total. The summed E-state index contributed by atoms with van der Waals surface area (Å²) in [5.74, 6) is -0.735. The van der Waals surface area contributed by atoms with Crippen molar-refractivity contribution in [3.63, 3.8) is 0 Å². The first-order valence-electron chi connectivity index (χ1n) is 6.43. The molecule has 21 heavy (non-hydrogen) atoms. The third-order valence-corrected chi connectivity index (χ3v) is 3.59. The van der Waals surface area contributed by atoms with Gasteiger partial charge in [-0.25, -0.2) is 4.39 Å². The van der Waals surface area contributed by atoms with Crippen molar-refractivity contribution in [1.29, 1.82) is 0 Å². The van der Waals surface area contributed by atoms with E-state index in [-0.39, 0.29) is 10.8 Å². The number of fused-ring (bicyclic) bond motifs is 1. The Morgan fingerprint density at radius 1 is 1.00 bits per heavy atom. The fraction of sp³-hybridized carbons (Fsp3) is 0. The van der Waals surface area contributed by atoms with Crippen molar-refractivity contribution in [3.8, 4) is 0 Å². The lowest BCUT2D eigenvalue weighted by Gasteiger charge is -2.09. The summed E-state index contributed by atoms with van der Waals surface area (Å²) in [5, 5.41) is 4.86. The number of thiol groups is 1. The number of carbonyl (C=O) groups is 1. The third kappa shape index (κ3) is 2.76. The summed E-state index contributed by atoms with van der Waals surface area (Å²) in [6.45, 7) is 0. The van der Waals surface area contributed by atoms with E-state index >= 15 is 0 Å². The number of halogens is 1. The number of hydrogen-bond donors (Lipinski definition) is 2. The summed E-state index contributed by atoms with van der Waals surface area (Å²) in [6, 6.07) is 17.6. The van der Waals surface area contributed by atoms with Crippen LogP contribution in [-0.2, 0) is 0 Å². The highest BCUT2D eigenvalue weighted by molar-refractivity contribution is 7.80. The van der Waals surface area contributed by atoms with E-state index in [1.54, 1.807) is 0 Å². The van der Waals surface area contributed by atoms with Crippen LogP contribution in [0, 0.1) is 5.82 Å². The second-order valence-electron chi connectivity index (χ2n) is 4.65. The topological polar surface area (TPSA) is 29.1 Å². The average molecular weight is 297 g/mol. The lowest BCUT2D eigenvalue weighted by atomic mass is 10.1. The zero-order valence-corrected chi connectivity index (χ0v) is 11.9. The van der Waals surface area contributed by atoms with Crippen LogP contribution >= 0.6 is 12.6 Å². The van der Waals surface area contributed by atoms with Gasteiger partial charge in [0.2, 0.25) is 0 Å². The van der Waals surface area contributed by atoms with E-state index in [1.165, 1.54) is 18.2 Å². The van der Waals surface area contributed by atoms with E-state index in [0.717, 1.165) is 16.5 Å². The van der Waals surface area contributed by atoms with Gasteiger partial charge in [0.15, 0.2) is 0 Å². The SMILES string of the molecule is O=C(Nc1cccc2ccccc12)c1ccc(F)c(S)c1. The molecule has 0 radical (unpaired) electrons. The summed E-state index contributed by atoms with van der Waals surface area (Å²) in [6.07, 6.45) is 0. The normalized spacial score (nSPS) is 10.6. The predicted octanol–water partition coefficient (Wildman–Crippen LogP) is 4.52. The molecule has 0 unspecified atom stereocenters. The molecule has 0 heterocycles. The van der Waals surface area contributed by atoms with Crippen LogP contribution in [0.5, 0.6) is 0 Å². The molecule has 3 aromatic rings. The van der Waals surface area contributed by atoms with Crippen LogP contribution in [0.4, 0.5) is 10.1 Å². The predicted molar refractivity (Wildman–Crippen MR) is 85.6 cm³/mol. The van der Waals surface area contributed by atoms with Crippen molar-refractivity contribution in [2.24, 2.45) is 0 Å². The Hall–Kier alpha value is -2.33. The van der Waals surface area contributed by atoms with E-state index in [1.807, 2.05) is 42.5 Å². The number of nitrogens with one attached hydrogen (secondary N) is 1. The Kier molecular flexibility index (Phi) is 3.62. The van der Waals surface area contributed by atoms with Crippen LogP contribution in [0.15, 0.2) is 65.6 Å². The van der Waals surface area contributed by atoms with Crippen LogP contribution in [0.3, 0.4) is 0 Å². The van der Waals surface area contributed by atoms with Crippen LogP contribution < -0.4 is 5.32 Å². The first-order valence-corrected chi connectivity index (χ1v) is 6.87. The molecule has 0 fully saturated rings. The first-order chi connectivity index (χ1) is 10.1. The Morgan fingerprint density at radius 3 is 2.57 bits per heavy atom. The minimum Gasteiger partial charge on any atom is -0.321 e. The van der Waals surface area contributed by atoms with Crippen LogP contribution in [0.1, 0.15) is 10.4 Å². The fourth-order valence-corrected chi connectivity index (χ4v) is 2.40. The quantitative estimate of drug-likeness (QED) is 0.669. The molecule has 2 nitrogen and oxygen atoms in total. The number of carbonyl (C=O) groups excluding carboxylic acids is 1. The Balaban J connectivity index is 1.94. The van der Waals surface area contributed by atoms with Crippen LogP contribution in [0.2, 0.25) is 0 Å². The van der Waals surface area contributed by atoms with Crippen LogP contribution in [0.25, 0.3) is 10.8 Å². The average Bonchev–Trinajstić information content (AvgIpc) is 2.50. The standard InChI is InChI=1S/C17H12FNOS/c18-14-9-8-12(10-16(14)21)17(20)19-15-7-3-5-11-4-1-2-6-13(11)15/h1-10,21H,(H,19,20). The molecule has 0 atom stereocenters. The second kappa shape index (κ2) is 5.58. The lowest BCUT2D eigenvalue weighted by molar-refractivity contribution is 0.102. The molecule has 0 aliphatic heterocycles. The largest absolute Gasteiger partial charge is 0.321 e. The number of amides is 1. The van der Waals surface area contributed by atoms with Gasteiger partial charge in [-0.05, 0) is 29.7 Å². The highest BCUT2D eigenvalue weighted by Crippen LogP contribution is 2.24. The number of benzene rings is 3. The second-order valence-corrected chi connectivity index (χ2v) is 5.13. The van der Waals surface area contributed by atoms with Crippen molar-refractivity contribution in [2.75, 3.05) is 5.32 Å². The number of rotatable bonds is 2. The van der Waals surface area contributed by atoms with Gasteiger partial charge in [-0.2, -0.15) is 0 Å². The van der Waals surface area contributed by atoms with Crippen LogP contribution in [-0.4, -0.2) is 5.91 Å². The van der Waals surface area contributed by atoms with Gasteiger partial charge in [0.1, 0.15) is 5.82 Å². The molecule has 1 amide bonds. The molecule has 0 aromatic heterocycles. The summed E-state index contributed by atoms with van der Waals surface area (Å²) in [5.41, 5.74) is 1.09. The maximum absolute atomic E-state index is 13.2. The van der Waals surface area contributed by atoms with E-state index in [9.17, 15) is 9.18 Å². The molecule has 0 saturated carbocycles. The minimum atomic E-state index is -0.444. The molecular formula is C17H12FNOS. The number of anilines is 1. The maximum atomic E-state index is 13.2.